The summed E-state index contributed by atoms with van der Waals surface area (Å²) < 4.78 is 5.31. The lowest BCUT2D eigenvalue weighted by Gasteiger charge is -2.40. The average molecular weight is 383 g/mol. The highest BCUT2D eigenvalue weighted by Gasteiger charge is 2.29. The molecule has 0 N–H and O–H groups in total. The van der Waals surface area contributed by atoms with Crippen LogP contribution in [0.15, 0.2) is 36.7 Å². The van der Waals surface area contributed by atoms with Crippen molar-refractivity contribution in [1.29, 1.82) is 0 Å². The number of aromatic nitrogens is 2. The van der Waals surface area contributed by atoms with Crippen LogP contribution in [0.1, 0.15) is 49.4 Å². The van der Waals surface area contributed by atoms with Crippen molar-refractivity contribution in [3.8, 4) is 5.75 Å². The van der Waals surface area contributed by atoms with Crippen LogP contribution >= 0.6 is 0 Å². The van der Waals surface area contributed by atoms with Gasteiger partial charge in [-0.15, -0.1) is 0 Å². The second-order valence-electron chi connectivity index (χ2n) is 8.48. The van der Waals surface area contributed by atoms with Gasteiger partial charge in [-0.3, -0.25) is 9.69 Å². The summed E-state index contributed by atoms with van der Waals surface area (Å²) in [5.74, 6) is 1.63. The number of hydrogen-bond acceptors (Lipinski definition) is 5. The number of nitrogens with zero attached hydrogens (tertiary/aromatic N) is 4. The van der Waals surface area contributed by atoms with Crippen LogP contribution in [0.5, 0.6) is 5.75 Å². The molecule has 28 heavy (non-hydrogen) atoms. The first-order valence-electron chi connectivity index (χ1n) is 9.76. The largest absolute Gasteiger partial charge is 0.497 e. The summed E-state index contributed by atoms with van der Waals surface area (Å²) in [6, 6.07) is 8.28. The number of carbonyl (C=O) groups excluding carboxylic acids is 1. The smallest absolute Gasteiger partial charge is 0.257 e. The number of ether oxygens (including phenoxy) is 1. The van der Waals surface area contributed by atoms with E-state index in [9.17, 15) is 4.79 Å². The van der Waals surface area contributed by atoms with E-state index in [4.69, 9.17) is 4.74 Å². The molecule has 2 aromatic rings. The lowest BCUT2D eigenvalue weighted by molar-refractivity contribution is 0.0474. The summed E-state index contributed by atoms with van der Waals surface area (Å²) in [6.07, 6.45) is 3.32. The highest BCUT2D eigenvalue weighted by atomic mass is 16.5. The van der Waals surface area contributed by atoms with Crippen LogP contribution in [0.2, 0.25) is 0 Å². The molecule has 1 aliphatic heterocycles. The highest BCUT2D eigenvalue weighted by molar-refractivity contribution is 5.93. The predicted molar refractivity (Wildman–Crippen MR) is 110 cm³/mol. The monoisotopic (exact) mass is 382 g/mol. The van der Waals surface area contributed by atoms with Crippen molar-refractivity contribution in [1.82, 2.24) is 19.8 Å². The van der Waals surface area contributed by atoms with Crippen LogP contribution in [0.4, 0.5) is 0 Å². The van der Waals surface area contributed by atoms with Gasteiger partial charge in [0.2, 0.25) is 0 Å². The number of carbonyl (C=O) groups is 1. The van der Waals surface area contributed by atoms with Crippen molar-refractivity contribution in [2.45, 2.75) is 45.7 Å². The number of benzene rings is 1. The standard InChI is InChI=1S/C22H30N4O2/c1-16-14-25(15-17-7-6-8-19(11-17)28-5)9-10-26(16)20(27)18-12-23-21(24-13-18)22(2,3)4/h6-8,11-13,16H,9-10,14-15H2,1-5H3/t16-/m1/s1. The number of piperazine rings is 1. The molecule has 3 rings (SSSR count). The third-order valence-electron chi connectivity index (χ3n) is 5.08. The normalized spacial score (nSPS) is 18.2. The van der Waals surface area contributed by atoms with E-state index in [2.05, 4.69) is 54.7 Å². The van der Waals surface area contributed by atoms with Crippen molar-refractivity contribution in [2.75, 3.05) is 26.7 Å². The van der Waals surface area contributed by atoms with Crippen LogP contribution in [0.25, 0.3) is 0 Å². The van der Waals surface area contributed by atoms with E-state index in [-0.39, 0.29) is 17.4 Å². The van der Waals surface area contributed by atoms with Crippen molar-refractivity contribution in [3.05, 3.63) is 53.6 Å². The van der Waals surface area contributed by atoms with E-state index < -0.39 is 0 Å². The van der Waals surface area contributed by atoms with Crippen LogP contribution < -0.4 is 4.74 Å². The Kier molecular flexibility index (Phi) is 5.98. The van der Waals surface area contributed by atoms with Gasteiger partial charge >= 0.3 is 0 Å². The molecule has 6 nitrogen and oxygen atoms in total. The Morgan fingerprint density at radius 2 is 1.93 bits per heavy atom. The summed E-state index contributed by atoms with van der Waals surface area (Å²) >= 11 is 0. The molecule has 0 aliphatic carbocycles. The van der Waals surface area contributed by atoms with Gasteiger partial charge in [0.15, 0.2) is 0 Å². The molecular formula is C22H30N4O2. The highest BCUT2D eigenvalue weighted by Crippen LogP contribution is 2.20. The first-order valence-corrected chi connectivity index (χ1v) is 9.76. The average Bonchev–Trinajstić information content (AvgIpc) is 2.67. The van der Waals surface area contributed by atoms with Gasteiger partial charge in [-0.25, -0.2) is 9.97 Å². The molecule has 1 aliphatic rings. The zero-order valence-electron chi connectivity index (χ0n) is 17.5. The first-order chi connectivity index (χ1) is 13.3. The fourth-order valence-corrected chi connectivity index (χ4v) is 3.50. The van der Waals surface area contributed by atoms with Crippen molar-refractivity contribution in [3.63, 3.8) is 0 Å². The molecule has 1 fully saturated rings. The lowest BCUT2D eigenvalue weighted by Crippen LogP contribution is -2.53. The third kappa shape index (κ3) is 4.68. The van der Waals surface area contributed by atoms with E-state index in [1.807, 2.05) is 17.0 Å². The van der Waals surface area contributed by atoms with Crippen LogP contribution in [-0.4, -0.2) is 58.5 Å². The molecule has 1 aromatic carbocycles. The molecule has 2 heterocycles. The molecule has 0 radical (unpaired) electrons. The molecule has 150 valence electrons. The molecular weight excluding hydrogens is 352 g/mol. The number of methoxy groups -OCH3 is 1. The molecule has 0 bridgehead atoms. The Morgan fingerprint density at radius 1 is 1.21 bits per heavy atom. The molecule has 1 aromatic heterocycles. The second kappa shape index (κ2) is 8.27. The summed E-state index contributed by atoms with van der Waals surface area (Å²) in [6.45, 7) is 11.5. The number of hydrogen-bond donors (Lipinski definition) is 0. The van der Waals surface area contributed by atoms with Gasteiger partial charge in [0.1, 0.15) is 11.6 Å². The summed E-state index contributed by atoms with van der Waals surface area (Å²) in [7, 11) is 1.68. The maximum Gasteiger partial charge on any atom is 0.257 e. The molecule has 1 saturated heterocycles. The Bertz CT molecular complexity index is 814. The van der Waals surface area contributed by atoms with Gasteiger partial charge in [0.05, 0.1) is 12.7 Å². The summed E-state index contributed by atoms with van der Waals surface area (Å²) in [4.78, 5) is 26.0. The van der Waals surface area contributed by atoms with E-state index in [1.54, 1.807) is 19.5 Å². The zero-order chi connectivity index (χ0) is 20.3. The molecule has 0 unspecified atom stereocenters. The first kappa shape index (κ1) is 20.3. The third-order valence-corrected chi connectivity index (χ3v) is 5.08. The van der Waals surface area contributed by atoms with Gasteiger partial charge in [-0.2, -0.15) is 0 Å². The molecule has 1 atom stereocenters. The Morgan fingerprint density at radius 3 is 2.54 bits per heavy atom. The maximum atomic E-state index is 12.9. The molecule has 0 saturated carbocycles. The fraction of sp³-hybridized carbons (Fsp3) is 0.500. The van der Waals surface area contributed by atoms with Crippen molar-refractivity contribution >= 4 is 5.91 Å². The van der Waals surface area contributed by atoms with Crippen LogP contribution in [0.3, 0.4) is 0 Å². The van der Waals surface area contributed by atoms with E-state index in [0.29, 0.717) is 12.1 Å². The SMILES string of the molecule is COc1cccc(CN2CCN(C(=O)c3cnc(C(C)(C)C)nc3)[C@H](C)C2)c1. The molecule has 1 amide bonds. The van der Waals surface area contributed by atoms with E-state index in [0.717, 1.165) is 31.2 Å². The fourth-order valence-electron chi connectivity index (χ4n) is 3.50. The minimum absolute atomic E-state index is 0.00832. The van der Waals surface area contributed by atoms with E-state index in [1.165, 1.54) is 5.56 Å². The van der Waals surface area contributed by atoms with Gasteiger partial charge in [0, 0.05) is 50.0 Å². The van der Waals surface area contributed by atoms with E-state index >= 15 is 0 Å². The predicted octanol–water partition coefficient (Wildman–Crippen LogP) is 3.13. The minimum atomic E-state index is -0.124. The quantitative estimate of drug-likeness (QED) is 0.813. The maximum absolute atomic E-state index is 12.9. The summed E-state index contributed by atoms with van der Waals surface area (Å²) in [5.41, 5.74) is 1.65. The Hall–Kier alpha value is -2.47. The topological polar surface area (TPSA) is 58.6 Å². The Balaban J connectivity index is 1.62. The lowest BCUT2D eigenvalue weighted by atomic mass is 9.96. The van der Waals surface area contributed by atoms with Gasteiger partial charge in [0.25, 0.3) is 5.91 Å². The van der Waals surface area contributed by atoms with Crippen LogP contribution in [0, 0.1) is 0 Å². The Labute approximate surface area is 167 Å². The molecule has 6 heteroatoms. The van der Waals surface area contributed by atoms with Gasteiger partial charge in [-0.1, -0.05) is 32.9 Å². The molecule has 0 spiro atoms. The minimum Gasteiger partial charge on any atom is -0.497 e. The summed E-state index contributed by atoms with van der Waals surface area (Å²) in [5, 5.41) is 0. The zero-order valence-corrected chi connectivity index (χ0v) is 17.5. The van der Waals surface area contributed by atoms with Gasteiger partial charge < -0.3 is 9.64 Å². The number of rotatable bonds is 4. The van der Waals surface area contributed by atoms with Crippen molar-refractivity contribution < 1.29 is 9.53 Å². The second-order valence-corrected chi connectivity index (χ2v) is 8.48. The van der Waals surface area contributed by atoms with Gasteiger partial charge in [-0.05, 0) is 24.6 Å². The van der Waals surface area contributed by atoms with Crippen molar-refractivity contribution in [2.24, 2.45) is 0 Å². The van der Waals surface area contributed by atoms with Crippen LogP contribution in [-0.2, 0) is 12.0 Å². The number of amides is 1.